The second-order valence-electron chi connectivity index (χ2n) is 5.67. The number of fused-ring (bicyclic) bond motifs is 1. The Labute approximate surface area is 139 Å². The van der Waals surface area contributed by atoms with Crippen molar-refractivity contribution in [2.24, 2.45) is 5.73 Å². The number of nitriles is 1. The summed E-state index contributed by atoms with van der Waals surface area (Å²) in [5.41, 5.74) is 8.05. The molecule has 0 spiro atoms. The van der Waals surface area contributed by atoms with Gasteiger partial charge >= 0.3 is 0 Å². The number of benzene rings is 2. The van der Waals surface area contributed by atoms with Crippen LogP contribution in [0.2, 0.25) is 0 Å². The molecule has 2 aromatic rings. The number of nitrogens with zero attached hydrogens (tertiary/aromatic N) is 2. The molecule has 3 rings (SSSR count). The average molecular weight is 325 g/mol. The zero-order valence-electron chi connectivity index (χ0n) is 13.1. The highest BCUT2D eigenvalue weighted by molar-refractivity contribution is 5.98. The van der Waals surface area contributed by atoms with Gasteiger partial charge in [-0.3, -0.25) is 4.79 Å². The normalized spacial score (nSPS) is 14.6. The van der Waals surface area contributed by atoms with E-state index < -0.39 is 11.9 Å². The molecule has 6 heteroatoms. The van der Waals surface area contributed by atoms with Gasteiger partial charge in [-0.25, -0.2) is 4.39 Å². The van der Waals surface area contributed by atoms with Gasteiger partial charge in [-0.2, -0.15) is 5.26 Å². The van der Waals surface area contributed by atoms with Crippen LogP contribution in [0.3, 0.4) is 0 Å². The molecule has 1 amide bonds. The smallest absolute Gasteiger partial charge is 0.264 e. The number of likely N-dealkylation sites (N-methyl/N-ethyl adjacent to an activating group) is 1. The van der Waals surface area contributed by atoms with Crippen LogP contribution in [0, 0.1) is 17.1 Å². The molecule has 1 aliphatic rings. The monoisotopic (exact) mass is 325 g/mol. The van der Waals surface area contributed by atoms with Gasteiger partial charge in [-0.1, -0.05) is 18.2 Å². The van der Waals surface area contributed by atoms with Crippen LogP contribution in [0.4, 0.5) is 10.1 Å². The largest absolute Gasteiger partial charge is 0.482 e. The lowest BCUT2D eigenvalue weighted by Crippen LogP contribution is -2.35. The van der Waals surface area contributed by atoms with E-state index in [2.05, 4.69) is 0 Å². The summed E-state index contributed by atoms with van der Waals surface area (Å²) in [5.74, 6) is 0.0845. The highest BCUT2D eigenvalue weighted by Crippen LogP contribution is 2.35. The number of hydrogen-bond donors (Lipinski definition) is 1. The van der Waals surface area contributed by atoms with Crippen molar-refractivity contribution < 1.29 is 13.9 Å². The van der Waals surface area contributed by atoms with Gasteiger partial charge in [-0.05, 0) is 34.9 Å². The van der Waals surface area contributed by atoms with Crippen LogP contribution in [0.5, 0.6) is 5.75 Å². The van der Waals surface area contributed by atoms with E-state index in [1.54, 1.807) is 31.3 Å². The Kier molecular flexibility index (Phi) is 4.19. The van der Waals surface area contributed by atoms with Crippen molar-refractivity contribution >= 4 is 11.6 Å². The number of hydrogen-bond acceptors (Lipinski definition) is 4. The van der Waals surface area contributed by atoms with Gasteiger partial charge in [0.1, 0.15) is 11.6 Å². The first-order chi connectivity index (χ1) is 11.5. The molecule has 0 aliphatic carbocycles. The fourth-order valence-corrected chi connectivity index (χ4v) is 2.63. The van der Waals surface area contributed by atoms with Crippen molar-refractivity contribution in [2.45, 2.75) is 12.5 Å². The minimum Gasteiger partial charge on any atom is -0.482 e. The van der Waals surface area contributed by atoms with Crippen molar-refractivity contribution in [2.75, 3.05) is 18.6 Å². The van der Waals surface area contributed by atoms with E-state index in [1.165, 1.54) is 11.0 Å². The molecule has 24 heavy (non-hydrogen) atoms. The lowest BCUT2D eigenvalue weighted by molar-refractivity contribution is -0.120. The fraction of sp³-hybridized carbons (Fsp3) is 0.222. The molecule has 1 aliphatic heterocycles. The van der Waals surface area contributed by atoms with Gasteiger partial charge in [-0.15, -0.1) is 0 Å². The number of amides is 1. The summed E-state index contributed by atoms with van der Waals surface area (Å²) in [6.07, 6.45) is 0.165. The molecule has 0 fully saturated rings. The third-order valence-electron chi connectivity index (χ3n) is 4.04. The zero-order valence-corrected chi connectivity index (χ0v) is 13.1. The summed E-state index contributed by atoms with van der Waals surface area (Å²) >= 11 is 0. The number of rotatable bonds is 3. The Morgan fingerprint density at radius 1 is 1.33 bits per heavy atom. The number of ether oxygens (including phenoxy) is 1. The molecule has 2 N–H and O–H groups in total. The van der Waals surface area contributed by atoms with Gasteiger partial charge in [0.15, 0.2) is 6.61 Å². The minimum absolute atomic E-state index is 0.0192. The van der Waals surface area contributed by atoms with E-state index in [9.17, 15) is 9.18 Å². The SMILES string of the molecule is CN1C(=O)COc2ccc(-c3ccc(C[C@H](N)C#N)c(F)c3)cc21. The molecular weight excluding hydrogens is 309 g/mol. The number of carbonyl (C=O) groups excluding carboxylic acids is 1. The highest BCUT2D eigenvalue weighted by Gasteiger charge is 2.22. The first-order valence-electron chi connectivity index (χ1n) is 7.47. The van der Waals surface area contributed by atoms with Gasteiger partial charge in [0.05, 0.1) is 17.8 Å². The van der Waals surface area contributed by atoms with Gasteiger partial charge in [0.2, 0.25) is 0 Å². The van der Waals surface area contributed by atoms with Crippen LogP contribution < -0.4 is 15.4 Å². The average Bonchev–Trinajstić information content (AvgIpc) is 2.59. The number of anilines is 1. The number of halogens is 1. The molecule has 0 saturated carbocycles. The highest BCUT2D eigenvalue weighted by atomic mass is 19.1. The second kappa shape index (κ2) is 6.30. The maximum absolute atomic E-state index is 14.3. The summed E-state index contributed by atoms with van der Waals surface area (Å²) < 4.78 is 19.6. The predicted octanol–water partition coefficient (Wildman–Crippen LogP) is 2.24. The minimum atomic E-state index is -0.731. The first kappa shape index (κ1) is 16.0. The summed E-state index contributed by atoms with van der Waals surface area (Å²) in [4.78, 5) is 13.3. The molecule has 1 atom stereocenters. The van der Waals surface area contributed by atoms with Crippen LogP contribution in [0.25, 0.3) is 11.1 Å². The number of nitrogens with two attached hydrogens (primary N) is 1. The van der Waals surface area contributed by atoms with E-state index in [1.807, 2.05) is 12.1 Å². The lowest BCUT2D eigenvalue weighted by Gasteiger charge is -2.26. The Balaban J connectivity index is 1.94. The molecule has 0 bridgehead atoms. The molecule has 1 heterocycles. The van der Waals surface area contributed by atoms with Crippen LogP contribution in [0.15, 0.2) is 36.4 Å². The van der Waals surface area contributed by atoms with Gasteiger partial charge < -0.3 is 15.4 Å². The topological polar surface area (TPSA) is 79.3 Å². The third-order valence-corrected chi connectivity index (χ3v) is 4.04. The maximum Gasteiger partial charge on any atom is 0.264 e. The van der Waals surface area contributed by atoms with Crippen LogP contribution in [-0.4, -0.2) is 25.6 Å². The Bertz CT molecular complexity index is 845. The molecule has 0 aromatic heterocycles. The molecular formula is C18H16FN3O2. The van der Waals surface area contributed by atoms with E-state index >= 15 is 0 Å². The quantitative estimate of drug-likeness (QED) is 0.938. The van der Waals surface area contributed by atoms with E-state index in [4.69, 9.17) is 15.7 Å². The maximum atomic E-state index is 14.3. The Morgan fingerprint density at radius 3 is 2.75 bits per heavy atom. The van der Waals surface area contributed by atoms with Crippen LogP contribution in [-0.2, 0) is 11.2 Å². The summed E-state index contributed by atoms with van der Waals surface area (Å²) in [6.45, 7) is 0.0192. The van der Waals surface area contributed by atoms with E-state index in [0.29, 0.717) is 22.6 Å². The van der Waals surface area contributed by atoms with Gasteiger partial charge in [0, 0.05) is 13.5 Å². The predicted molar refractivity (Wildman–Crippen MR) is 88.0 cm³/mol. The summed E-state index contributed by atoms with van der Waals surface area (Å²) in [6, 6.07) is 11.4. The van der Waals surface area contributed by atoms with Crippen LogP contribution >= 0.6 is 0 Å². The number of carbonyl (C=O) groups is 1. The van der Waals surface area contributed by atoms with Crippen molar-refractivity contribution in [3.05, 3.63) is 47.8 Å². The zero-order chi connectivity index (χ0) is 17.3. The second-order valence-corrected chi connectivity index (χ2v) is 5.67. The van der Waals surface area contributed by atoms with E-state index in [-0.39, 0.29) is 18.9 Å². The Morgan fingerprint density at radius 2 is 2.04 bits per heavy atom. The van der Waals surface area contributed by atoms with E-state index in [0.717, 1.165) is 5.56 Å². The molecule has 0 radical (unpaired) electrons. The Hall–Kier alpha value is -2.91. The fourth-order valence-electron chi connectivity index (χ4n) is 2.63. The van der Waals surface area contributed by atoms with Gasteiger partial charge in [0.25, 0.3) is 5.91 Å². The van der Waals surface area contributed by atoms with Crippen molar-refractivity contribution in [1.82, 2.24) is 0 Å². The lowest BCUT2D eigenvalue weighted by atomic mass is 9.99. The summed E-state index contributed by atoms with van der Waals surface area (Å²) in [5, 5.41) is 8.74. The summed E-state index contributed by atoms with van der Waals surface area (Å²) in [7, 11) is 1.68. The molecule has 0 saturated heterocycles. The molecule has 2 aromatic carbocycles. The molecule has 122 valence electrons. The standard InChI is InChI=1S/C18H16FN3O2/c1-22-16-8-12(4-5-17(16)24-10-18(22)23)11-2-3-13(15(19)7-11)6-14(21)9-20/h2-5,7-8,14H,6,10,21H2,1H3/t14-/m0/s1. The van der Waals surface area contributed by atoms with Crippen LogP contribution in [0.1, 0.15) is 5.56 Å². The van der Waals surface area contributed by atoms with Crippen molar-refractivity contribution in [3.63, 3.8) is 0 Å². The van der Waals surface area contributed by atoms with Crippen molar-refractivity contribution in [1.29, 1.82) is 5.26 Å². The molecule has 5 nitrogen and oxygen atoms in total. The molecule has 0 unspecified atom stereocenters. The van der Waals surface area contributed by atoms with Crippen molar-refractivity contribution in [3.8, 4) is 22.9 Å². The third kappa shape index (κ3) is 2.94. The first-order valence-corrected chi connectivity index (χ1v) is 7.47.